The maximum absolute atomic E-state index is 3.69. The lowest BCUT2D eigenvalue weighted by Gasteiger charge is -2.03. The van der Waals surface area contributed by atoms with Crippen molar-refractivity contribution in [3.8, 4) is 22.3 Å². The van der Waals surface area contributed by atoms with Crippen LogP contribution in [0.3, 0.4) is 0 Å². The second-order valence-electron chi connectivity index (χ2n) is 10.7. The van der Waals surface area contributed by atoms with Gasteiger partial charge in [0.2, 0.25) is 0 Å². The highest BCUT2D eigenvalue weighted by atomic mass is 15.0. The Bertz CT molecular complexity index is 1850. The molecule has 0 radical (unpaired) electrons. The fourth-order valence-corrected chi connectivity index (χ4v) is 5.73. The Morgan fingerprint density at radius 1 is 0.439 bits per heavy atom. The molecule has 0 spiro atoms. The topological polar surface area (TPSA) is 95.5 Å². The lowest BCUT2D eigenvalue weighted by Crippen LogP contribution is -2.17. The van der Waals surface area contributed by atoms with Crippen LogP contribution in [0.15, 0.2) is 84.9 Å². The first-order chi connectivity index (χ1) is 20.2. The van der Waals surface area contributed by atoms with E-state index in [0.29, 0.717) is 0 Å². The Labute approximate surface area is 238 Å². The van der Waals surface area contributed by atoms with Crippen molar-refractivity contribution in [3.63, 3.8) is 0 Å². The Kier molecular flexibility index (Phi) is 6.59. The first kappa shape index (κ1) is 25.3. The molecule has 7 N–H and O–H groups in total. The Morgan fingerprint density at radius 2 is 0.878 bits per heavy atom. The van der Waals surface area contributed by atoms with Gasteiger partial charge in [-0.05, 0) is 84.9 Å². The standard InChI is InChI=1S/C34H35N7/c1-35-11-13-37-33-19-25-15-21(5-9-29(25)40-33)23-3-7-27-28-8-4-24(18-32(28)39-31(27)17-23)22-6-10-30-26(16-22)20-34(41-30)38-14-12-36-2/h3-10,15-20,35-41H,11-14H2,1-2H3. The van der Waals surface area contributed by atoms with E-state index in [-0.39, 0.29) is 0 Å². The fraction of sp³-hybridized carbons (Fsp3) is 0.176. The summed E-state index contributed by atoms with van der Waals surface area (Å²) in [7, 11) is 3.93. The van der Waals surface area contributed by atoms with E-state index >= 15 is 0 Å². The number of aromatic nitrogens is 3. The normalized spacial score (nSPS) is 11.8. The number of hydrogen-bond donors (Lipinski definition) is 7. The third kappa shape index (κ3) is 4.90. The van der Waals surface area contributed by atoms with Gasteiger partial charge in [0.25, 0.3) is 0 Å². The lowest BCUT2D eigenvalue weighted by atomic mass is 10.0. The van der Waals surface area contributed by atoms with Crippen LogP contribution >= 0.6 is 0 Å². The molecule has 0 atom stereocenters. The molecule has 3 aromatic heterocycles. The van der Waals surface area contributed by atoms with Gasteiger partial charge in [0.1, 0.15) is 11.6 Å². The monoisotopic (exact) mass is 541 g/mol. The van der Waals surface area contributed by atoms with Crippen LogP contribution < -0.4 is 21.3 Å². The summed E-state index contributed by atoms with van der Waals surface area (Å²) >= 11 is 0. The van der Waals surface area contributed by atoms with Crippen LogP contribution in [0, 0.1) is 0 Å². The third-order valence-electron chi connectivity index (χ3n) is 7.89. The minimum atomic E-state index is 0.880. The van der Waals surface area contributed by atoms with Gasteiger partial charge >= 0.3 is 0 Å². The zero-order chi connectivity index (χ0) is 27.8. The van der Waals surface area contributed by atoms with E-state index in [9.17, 15) is 0 Å². The van der Waals surface area contributed by atoms with Gasteiger partial charge in [-0.3, -0.25) is 0 Å². The number of rotatable bonds is 10. The van der Waals surface area contributed by atoms with E-state index in [4.69, 9.17) is 0 Å². The minimum Gasteiger partial charge on any atom is -0.370 e. The van der Waals surface area contributed by atoms with Gasteiger partial charge in [-0.15, -0.1) is 0 Å². The summed E-state index contributed by atoms with van der Waals surface area (Å²) in [4.78, 5) is 10.6. The van der Waals surface area contributed by atoms with Gasteiger partial charge in [-0.2, -0.15) is 0 Å². The molecule has 0 saturated heterocycles. The number of anilines is 2. The molecule has 7 nitrogen and oxygen atoms in total. The predicted molar refractivity (Wildman–Crippen MR) is 175 cm³/mol. The number of likely N-dealkylation sites (N-methyl/N-ethyl adjacent to an activating group) is 2. The van der Waals surface area contributed by atoms with Crippen LogP contribution in [0.5, 0.6) is 0 Å². The van der Waals surface area contributed by atoms with Crippen molar-refractivity contribution >= 4 is 55.2 Å². The molecule has 0 aliphatic rings. The second-order valence-corrected chi connectivity index (χ2v) is 10.7. The molecule has 3 heterocycles. The molecule has 206 valence electrons. The third-order valence-corrected chi connectivity index (χ3v) is 7.89. The van der Waals surface area contributed by atoms with E-state index in [1.165, 1.54) is 43.8 Å². The average Bonchev–Trinajstić information content (AvgIpc) is 3.70. The van der Waals surface area contributed by atoms with Crippen molar-refractivity contribution in [3.05, 3.63) is 84.9 Å². The Hall–Kier alpha value is -4.72. The first-order valence-corrected chi connectivity index (χ1v) is 14.3. The van der Waals surface area contributed by atoms with Crippen molar-refractivity contribution in [1.29, 1.82) is 0 Å². The summed E-state index contributed by atoms with van der Waals surface area (Å²) in [5, 5.41) is 18.1. The number of benzene rings is 4. The molecule has 0 aliphatic carbocycles. The van der Waals surface area contributed by atoms with Crippen LogP contribution in [0.4, 0.5) is 11.6 Å². The van der Waals surface area contributed by atoms with Crippen LogP contribution in [0.25, 0.3) is 65.9 Å². The molecule has 0 amide bonds. The van der Waals surface area contributed by atoms with Gasteiger partial charge in [-0.1, -0.05) is 36.4 Å². The molecule has 7 aromatic rings. The van der Waals surface area contributed by atoms with Crippen molar-refractivity contribution in [2.75, 3.05) is 50.9 Å². The summed E-state index contributed by atoms with van der Waals surface area (Å²) < 4.78 is 0. The molecule has 0 saturated carbocycles. The summed E-state index contributed by atoms with van der Waals surface area (Å²) in [6.45, 7) is 3.60. The van der Waals surface area contributed by atoms with Crippen LogP contribution in [0.2, 0.25) is 0 Å². The summed E-state index contributed by atoms with van der Waals surface area (Å²) in [5.41, 5.74) is 9.40. The maximum atomic E-state index is 3.69. The van der Waals surface area contributed by atoms with E-state index in [1.807, 2.05) is 14.1 Å². The van der Waals surface area contributed by atoms with Gasteiger partial charge in [-0.25, -0.2) is 0 Å². The SMILES string of the molecule is CNCCNc1cc2cc(-c3ccc4c(c3)[nH]c3cc(-c5ccc6[nH]c(NCCNC)cc6c5)ccc34)ccc2[nH]1. The minimum absolute atomic E-state index is 0.880. The quantitative estimate of drug-likeness (QED) is 0.0961. The largest absolute Gasteiger partial charge is 0.370 e. The predicted octanol–water partition coefficient (Wildman–Crippen LogP) is 6.88. The number of nitrogens with one attached hydrogen (secondary N) is 7. The number of fused-ring (bicyclic) bond motifs is 5. The van der Waals surface area contributed by atoms with Gasteiger partial charge in [0, 0.05) is 69.8 Å². The highest BCUT2D eigenvalue weighted by molar-refractivity contribution is 6.09. The van der Waals surface area contributed by atoms with Gasteiger partial charge < -0.3 is 36.2 Å². The molecule has 41 heavy (non-hydrogen) atoms. The van der Waals surface area contributed by atoms with Crippen molar-refractivity contribution in [2.24, 2.45) is 0 Å². The molecule has 7 rings (SSSR count). The number of hydrogen-bond acceptors (Lipinski definition) is 4. The van der Waals surface area contributed by atoms with E-state index < -0.39 is 0 Å². The molecule has 0 unspecified atom stereocenters. The molecular weight excluding hydrogens is 506 g/mol. The van der Waals surface area contributed by atoms with E-state index in [2.05, 4.69) is 121 Å². The van der Waals surface area contributed by atoms with Crippen LogP contribution in [0.1, 0.15) is 0 Å². The zero-order valence-corrected chi connectivity index (χ0v) is 23.4. The second kappa shape index (κ2) is 10.7. The van der Waals surface area contributed by atoms with Gasteiger partial charge in [0.05, 0.1) is 0 Å². The Morgan fingerprint density at radius 3 is 1.34 bits per heavy atom. The fourth-order valence-electron chi connectivity index (χ4n) is 5.73. The highest BCUT2D eigenvalue weighted by Gasteiger charge is 2.10. The Balaban J connectivity index is 1.18. The van der Waals surface area contributed by atoms with Crippen LogP contribution in [-0.2, 0) is 0 Å². The first-order valence-electron chi connectivity index (χ1n) is 14.3. The van der Waals surface area contributed by atoms with Crippen molar-refractivity contribution < 1.29 is 0 Å². The molecule has 0 bridgehead atoms. The molecule has 0 aliphatic heterocycles. The van der Waals surface area contributed by atoms with Crippen molar-refractivity contribution in [2.45, 2.75) is 0 Å². The molecule has 4 aromatic carbocycles. The van der Waals surface area contributed by atoms with Gasteiger partial charge in [0.15, 0.2) is 0 Å². The molecule has 7 heteroatoms. The summed E-state index contributed by atoms with van der Waals surface area (Å²) in [5.74, 6) is 2.10. The van der Waals surface area contributed by atoms with E-state index in [1.54, 1.807) is 0 Å². The molecule has 0 fully saturated rings. The number of aromatic amines is 3. The highest BCUT2D eigenvalue weighted by Crippen LogP contribution is 2.34. The maximum Gasteiger partial charge on any atom is 0.104 e. The number of H-pyrrole nitrogens is 3. The summed E-state index contributed by atoms with van der Waals surface area (Å²) in [6.07, 6.45) is 0. The smallest absolute Gasteiger partial charge is 0.104 e. The lowest BCUT2D eigenvalue weighted by molar-refractivity contribution is 0.822. The molecular formula is C34H35N7. The summed E-state index contributed by atoms with van der Waals surface area (Å²) in [6, 6.07) is 31.1. The van der Waals surface area contributed by atoms with E-state index in [0.717, 1.165) is 59.9 Å². The van der Waals surface area contributed by atoms with Crippen molar-refractivity contribution in [1.82, 2.24) is 25.6 Å². The average molecular weight is 542 g/mol. The van der Waals surface area contributed by atoms with Crippen LogP contribution in [-0.4, -0.2) is 55.2 Å². The zero-order valence-electron chi connectivity index (χ0n) is 23.4.